The molecule has 0 radical (unpaired) electrons. The quantitative estimate of drug-likeness (QED) is 0.751. The second kappa shape index (κ2) is 8.16. The molecule has 2 unspecified atom stereocenters. The van der Waals surface area contributed by atoms with E-state index in [1.807, 2.05) is 26.8 Å². The number of piperazine rings is 1. The number of hydrogen-bond donors (Lipinski definition) is 0. The molecular weight excluding hydrogens is 386 g/mol. The van der Waals surface area contributed by atoms with Crippen molar-refractivity contribution in [3.05, 3.63) is 21.4 Å². The van der Waals surface area contributed by atoms with E-state index in [1.54, 1.807) is 16.2 Å². The van der Waals surface area contributed by atoms with E-state index in [0.29, 0.717) is 39.3 Å². The third-order valence-electron chi connectivity index (χ3n) is 5.12. The minimum Gasteiger partial charge on any atom is -0.373 e. The molecule has 2 aliphatic rings. The maximum atomic E-state index is 13.0. The number of carbonyl (C=O) groups is 1. The highest BCUT2D eigenvalue weighted by atomic mass is 32.2. The Kier molecular flexibility index (Phi) is 6.27. The first-order chi connectivity index (χ1) is 12.7. The van der Waals surface area contributed by atoms with E-state index in [1.165, 1.54) is 13.5 Å². The highest BCUT2D eigenvalue weighted by Crippen LogP contribution is 2.25. The van der Waals surface area contributed by atoms with Gasteiger partial charge in [-0.3, -0.25) is 4.79 Å². The zero-order valence-corrected chi connectivity index (χ0v) is 18.1. The van der Waals surface area contributed by atoms with Gasteiger partial charge in [0.05, 0.1) is 17.1 Å². The normalized spacial score (nSPS) is 25.7. The Morgan fingerprint density at radius 2 is 1.74 bits per heavy atom. The molecule has 1 aromatic heterocycles. The summed E-state index contributed by atoms with van der Waals surface area (Å²) in [5, 5.41) is 0. The van der Waals surface area contributed by atoms with E-state index in [2.05, 4.69) is 6.92 Å². The number of morpholine rings is 1. The van der Waals surface area contributed by atoms with Gasteiger partial charge in [0.15, 0.2) is 0 Å². The van der Waals surface area contributed by atoms with Gasteiger partial charge in [-0.15, -0.1) is 11.3 Å². The first-order valence-corrected chi connectivity index (χ1v) is 11.7. The molecule has 7 nitrogen and oxygen atoms in total. The van der Waals surface area contributed by atoms with Crippen molar-refractivity contribution in [2.75, 3.05) is 39.3 Å². The molecule has 2 fully saturated rings. The molecule has 27 heavy (non-hydrogen) atoms. The molecule has 0 N–H and O–H groups in total. The van der Waals surface area contributed by atoms with Gasteiger partial charge in [0.1, 0.15) is 0 Å². The second-order valence-electron chi connectivity index (χ2n) is 7.34. The highest BCUT2D eigenvalue weighted by molar-refractivity contribution is 7.86. The topological polar surface area (TPSA) is 70.2 Å². The van der Waals surface area contributed by atoms with Gasteiger partial charge in [-0.2, -0.15) is 17.0 Å². The molecule has 2 saturated heterocycles. The number of hydrogen-bond acceptors (Lipinski definition) is 5. The number of thiophene rings is 1. The molecule has 1 aromatic rings. The van der Waals surface area contributed by atoms with Crippen LogP contribution in [0.25, 0.3) is 0 Å². The second-order valence-corrected chi connectivity index (χ2v) is 10.4. The third kappa shape index (κ3) is 4.37. The Labute approximate surface area is 166 Å². The largest absolute Gasteiger partial charge is 0.373 e. The van der Waals surface area contributed by atoms with E-state index >= 15 is 0 Å². The number of nitrogens with zero attached hydrogens (tertiary/aromatic N) is 3. The Bertz CT molecular complexity index is 775. The van der Waals surface area contributed by atoms with Crippen LogP contribution in [0.5, 0.6) is 0 Å². The van der Waals surface area contributed by atoms with E-state index in [4.69, 9.17) is 4.74 Å². The SMILES string of the molecule is CCc1sc(C(=O)N2CCN(S(=O)(=O)N3CC(C)OC(C)C3)CC2)cc1C. The van der Waals surface area contributed by atoms with Crippen LogP contribution in [0.2, 0.25) is 0 Å². The van der Waals surface area contributed by atoms with Crippen LogP contribution in [0.1, 0.15) is 40.9 Å². The molecule has 0 saturated carbocycles. The van der Waals surface area contributed by atoms with Crippen LogP contribution in [-0.4, -0.2) is 79.3 Å². The van der Waals surface area contributed by atoms with Gasteiger partial charge in [-0.05, 0) is 38.8 Å². The van der Waals surface area contributed by atoms with Crippen molar-refractivity contribution < 1.29 is 17.9 Å². The Morgan fingerprint density at radius 3 is 2.26 bits per heavy atom. The summed E-state index contributed by atoms with van der Waals surface area (Å²) >= 11 is 1.55. The minimum absolute atomic E-state index is 0.00784. The van der Waals surface area contributed by atoms with Crippen LogP contribution >= 0.6 is 11.3 Å². The molecule has 3 rings (SSSR count). The van der Waals surface area contributed by atoms with Crippen LogP contribution in [0.15, 0.2) is 6.07 Å². The molecule has 3 heterocycles. The molecule has 0 aromatic carbocycles. The van der Waals surface area contributed by atoms with Crippen LogP contribution < -0.4 is 0 Å². The number of ether oxygens (including phenoxy) is 1. The molecule has 1 amide bonds. The zero-order valence-electron chi connectivity index (χ0n) is 16.5. The lowest BCUT2D eigenvalue weighted by atomic mass is 10.2. The van der Waals surface area contributed by atoms with Crippen LogP contribution in [0.4, 0.5) is 0 Å². The highest BCUT2D eigenvalue weighted by Gasteiger charge is 2.37. The van der Waals surface area contributed by atoms with Gasteiger partial charge in [-0.25, -0.2) is 0 Å². The van der Waals surface area contributed by atoms with Crippen molar-refractivity contribution in [3.63, 3.8) is 0 Å². The number of amides is 1. The molecule has 152 valence electrons. The zero-order chi connectivity index (χ0) is 19.8. The summed E-state index contributed by atoms with van der Waals surface area (Å²) in [6.07, 6.45) is 0.703. The van der Waals surface area contributed by atoms with Crippen molar-refractivity contribution in [2.45, 2.75) is 46.3 Å². The molecular formula is C18H29N3O4S2. The summed E-state index contributed by atoms with van der Waals surface area (Å²) in [7, 11) is -3.52. The van der Waals surface area contributed by atoms with Crippen molar-refractivity contribution in [3.8, 4) is 0 Å². The predicted octanol–water partition coefficient (Wildman–Crippen LogP) is 1.73. The fourth-order valence-corrected chi connectivity index (χ4v) is 6.57. The van der Waals surface area contributed by atoms with Gasteiger partial charge in [-0.1, -0.05) is 6.92 Å². The van der Waals surface area contributed by atoms with E-state index < -0.39 is 10.2 Å². The average Bonchev–Trinajstić information content (AvgIpc) is 3.01. The number of rotatable bonds is 4. The van der Waals surface area contributed by atoms with Gasteiger partial charge < -0.3 is 9.64 Å². The summed E-state index contributed by atoms with van der Waals surface area (Å²) in [6.45, 7) is 10.2. The lowest BCUT2D eigenvalue weighted by Gasteiger charge is -2.40. The van der Waals surface area contributed by atoms with Crippen molar-refractivity contribution in [1.29, 1.82) is 0 Å². The summed E-state index contributed by atoms with van der Waals surface area (Å²) in [5.41, 5.74) is 1.16. The standard InChI is InChI=1S/C18H29N3O4S2/c1-5-16-13(2)10-17(26-16)18(22)19-6-8-20(9-7-19)27(23,24)21-11-14(3)25-15(4)12-21/h10,14-15H,5-9,11-12H2,1-4H3. The van der Waals surface area contributed by atoms with E-state index in [-0.39, 0.29) is 18.1 Å². The first-order valence-electron chi connectivity index (χ1n) is 9.51. The lowest BCUT2D eigenvalue weighted by molar-refractivity contribution is -0.0457. The smallest absolute Gasteiger partial charge is 0.282 e. The van der Waals surface area contributed by atoms with Gasteiger partial charge >= 0.3 is 0 Å². The van der Waals surface area contributed by atoms with Crippen molar-refractivity contribution in [1.82, 2.24) is 13.5 Å². The Morgan fingerprint density at radius 1 is 1.15 bits per heavy atom. The fourth-order valence-electron chi connectivity index (χ4n) is 3.74. The van der Waals surface area contributed by atoms with Gasteiger partial charge in [0.25, 0.3) is 16.1 Å². The molecule has 2 aliphatic heterocycles. The Hall–Kier alpha value is -1.00. The molecule has 0 spiro atoms. The number of aryl methyl sites for hydroxylation is 2. The van der Waals surface area contributed by atoms with Crippen molar-refractivity contribution in [2.24, 2.45) is 0 Å². The van der Waals surface area contributed by atoms with Crippen molar-refractivity contribution >= 4 is 27.5 Å². The molecule has 9 heteroatoms. The summed E-state index contributed by atoms with van der Waals surface area (Å²) < 4.78 is 34.6. The fraction of sp³-hybridized carbons (Fsp3) is 0.722. The summed E-state index contributed by atoms with van der Waals surface area (Å²) in [5.74, 6) is 0.00784. The predicted molar refractivity (Wildman–Crippen MR) is 106 cm³/mol. The van der Waals surface area contributed by atoms with E-state index in [0.717, 1.165) is 16.9 Å². The lowest BCUT2D eigenvalue weighted by Crippen LogP contribution is -2.57. The van der Waals surface area contributed by atoms with Crippen LogP contribution in [0.3, 0.4) is 0 Å². The summed E-state index contributed by atoms with van der Waals surface area (Å²) in [4.78, 5) is 16.5. The third-order valence-corrected chi connectivity index (χ3v) is 8.45. The van der Waals surface area contributed by atoms with Crippen LogP contribution in [-0.2, 0) is 21.4 Å². The maximum absolute atomic E-state index is 13.0. The summed E-state index contributed by atoms with van der Waals surface area (Å²) in [6, 6.07) is 1.95. The molecule has 2 atom stereocenters. The molecule has 0 bridgehead atoms. The Balaban J connectivity index is 1.63. The molecule has 0 aliphatic carbocycles. The monoisotopic (exact) mass is 415 g/mol. The van der Waals surface area contributed by atoms with E-state index in [9.17, 15) is 13.2 Å². The average molecular weight is 416 g/mol. The first kappa shape index (κ1) is 20.7. The number of carbonyl (C=O) groups excluding carboxylic acids is 1. The minimum atomic E-state index is -3.52. The van der Waals surface area contributed by atoms with Gasteiger partial charge in [0.2, 0.25) is 0 Å². The maximum Gasteiger partial charge on any atom is 0.282 e. The van der Waals surface area contributed by atoms with Crippen LogP contribution in [0, 0.1) is 6.92 Å². The van der Waals surface area contributed by atoms with Gasteiger partial charge in [0, 0.05) is 44.1 Å².